The van der Waals surface area contributed by atoms with Gasteiger partial charge in [0, 0.05) is 31.4 Å². The fourth-order valence-electron chi connectivity index (χ4n) is 3.45. The van der Waals surface area contributed by atoms with E-state index in [0.717, 1.165) is 43.0 Å². The van der Waals surface area contributed by atoms with Gasteiger partial charge in [-0.3, -0.25) is 0 Å². The van der Waals surface area contributed by atoms with Crippen LogP contribution in [0.4, 0.5) is 0 Å². The quantitative estimate of drug-likeness (QED) is 0.262. The normalized spacial score (nSPS) is 11.2. The number of nitrogens with zero attached hydrogens (tertiary/aromatic N) is 2. The van der Waals surface area contributed by atoms with Crippen molar-refractivity contribution in [3.8, 4) is 22.6 Å². The number of fused-ring (bicyclic) bond motifs is 3. The van der Waals surface area contributed by atoms with E-state index in [1.165, 1.54) is 0 Å². The van der Waals surface area contributed by atoms with Crippen molar-refractivity contribution in [1.29, 1.82) is 0 Å². The summed E-state index contributed by atoms with van der Waals surface area (Å²) in [6, 6.07) is 28.4. The summed E-state index contributed by atoms with van der Waals surface area (Å²) in [7, 11) is 0. The maximum Gasteiger partial charge on any atom is 0.160 e. The van der Waals surface area contributed by atoms with Crippen LogP contribution in [0, 0.1) is 0 Å². The van der Waals surface area contributed by atoms with Crippen molar-refractivity contribution in [2.45, 2.75) is 0 Å². The van der Waals surface area contributed by atoms with Crippen molar-refractivity contribution in [2.75, 3.05) is 0 Å². The molecular formula is C24H14BrClN2. The Bertz CT molecular complexity index is 1330. The van der Waals surface area contributed by atoms with E-state index in [4.69, 9.17) is 21.6 Å². The van der Waals surface area contributed by atoms with Crippen LogP contribution in [0.1, 0.15) is 0 Å². The van der Waals surface area contributed by atoms with Gasteiger partial charge in [0.15, 0.2) is 5.82 Å². The van der Waals surface area contributed by atoms with E-state index in [2.05, 4.69) is 52.3 Å². The number of benzene rings is 4. The number of halogens is 2. The van der Waals surface area contributed by atoms with Crippen LogP contribution in [0.5, 0.6) is 0 Å². The fraction of sp³-hybridized carbons (Fsp3) is 0. The molecule has 0 radical (unpaired) electrons. The Morgan fingerprint density at radius 2 is 1.50 bits per heavy atom. The highest BCUT2D eigenvalue weighted by Gasteiger charge is 2.14. The zero-order chi connectivity index (χ0) is 19.1. The molecule has 0 atom stereocenters. The largest absolute Gasteiger partial charge is 0.227 e. The predicted molar refractivity (Wildman–Crippen MR) is 121 cm³/mol. The molecule has 0 fully saturated rings. The molecule has 28 heavy (non-hydrogen) atoms. The van der Waals surface area contributed by atoms with Crippen molar-refractivity contribution in [2.24, 2.45) is 0 Å². The molecule has 0 spiro atoms. The lowest BCUT2D eigenvalue weighted by atomic mass is 10.0. The number of hydrogen-bond acceptors (Lipinski definition) is 2. The topological polar surface area (TPSA) is 25.8 Å². The molecule has 0 saturated carbocycles. The van der Waals surface area contributed by atoms with Crippen LogP contribution in [-0.2, 0) is 0 Å². The summed E-state index contributed by atoms with van der Waals surface area (Å²) in [5.74, 6) is 0.690. The van der Waals surface area contributed by atoms with Gasteiger partial charge in [0.1, 0.15) is 0 Å². The van der Waals surface area contributed by atoms with Gasteiger partial charge in [-0.1, -0.05) is 70.0 Å². The molecule has 0 aliphatic heterocycles. The molecule has 1 heterocycles. The standard InChI is InChI=1S/C24H14BrClN2/c25-18-6-3-5-17(14-18)22-21-13-10-15-4-1-2-7-20(15)23(21)28-24(27-22)16-8-11-19(26)12-9-16/h1-14H. The lowest BCUT2D eigenvalue weighted by Crippen LogP contribution is -1.96. The fourth-order valence-corrected chi connectivity index (χ4v) is 3.97. The van der Waals surface area contributed by atoms with Crippen molar-refractivity contribution in [1.82, 2.24) is 9.97 Å². The van der Waals surface area contributed by atoms with E-state index in [1.807, 2.05) is 48.5 Å². The Balaban J connectivity index is 1.88. The SMILES string of the molecule is Clc1ccc(-c2nc(-c3cccc(Br)c3)c3ccc4ccccc4c3n2)cc1. The molecule has 5 aromatic rings. The van der Waals surface area contributed by atoms with E-state index in [1.54, 1.807) is 0 Å². The summed E-state index contributed by atoms with van der Waals surface area (Å²) in [4.78, 5) is 9.89. The average Bonchev–Trinajstić information content (AvgIpc) is 2.73. The van der Waals surface area contributed by atoms with Gasteiger partial charge in [-0.25, -0.2) is 9.97 Å². The van der Waals surface area contributed by atoms with E-state index in [-0.39, 0.29) is 0 Å². The summed E-state index contributed by atoms with van der Waals surface area (Å²) in [5, 5.41) is 4.02. The summed E-state index contributed by atoms with van der Waals surface area (Å²) < 4.78 is 1.02. The van der Waals surface area contributed by atoms with Crippen LogP contribution in [0.25, 0.3) is 44.3 Å². The van der Waals surface area contributed by atoms with Crippen LogP contribution in [0.15, 0.2) is 89.4 Å². The van der Waals surface area contributed by atoms with Crippen molar-refractivity contribution < 1.29 is 0 Å². The summed E-state index contributed by atoms with van der Waals surface area (Å²) >= 11 is 9.65. The van der Waals surface area contributed by atoms with Gasteiger partial charge in [-0.05, 0) is 47.9 Å². The highest BCUT2D eigenvalue weighted by molar-refractivity contribution is 9.10. The smallest absolute Gasteiger partial charge is 0.160 e. The molecule has 134 valence electrons. The third-order valence-corrected chi connectivity index (χ3v) is 5.54. The van der Waals surface area contributed by atoms with E-state index >= 15 is 0 Å². The summed E-state index contributed by atoms with van der Waals surface area (Å²) in [5.41, 5.74) is 3.86. The Kier molecular flexibility index (Phi) is 4.34. The Morgan fingerprint density at radius 1 is 0.679 bits per heavy atom. The third kappa shape index (κ3) is 3.07. The predicted octanol–water partition coefficient (Wildman–Crippen LogP) is 7.53. The minimum absolute atomic E-state index is 0.690. The minimum Gasteiger partial charge on any atom is -0.227 e. The molecule has 5 rings (SSSR count). The molecule has 4 aromatic carbocycles. The minimum atomic E-state index is 0.690. The van der Waals surface area contributed by atoms with Gasteiger partial charge in [-0.2, -0.15) is 0 Å². The van der Waals surface area contributed by atoms with Crippen LogP contribution in [0.2, 0.25) is 5.02 Å². The van der Waals surface area contributed by atoms with E-state index < -0.39 is 0 Å². The number of aromatic nitrogens is 2. The zero-order valence-corrected chi connectivity index (χ0v) is 17.1. The van der Waals surface area contributed by atoms with Crippen molar-refractivity contribution >= 4 is 49.2 Å². The second-order valence-corrected chi connectivity index (χ2v) is 7.95. The molecule has 1 aromatic heterocycles. The van der Waals surface area contributed by atoms with Gasteiger partial charge >= 0.3 is 0 Å². The second kappa shape index (κ2) is 7.01. The Morgan fingerprint density at radius 3 is 2.32 bits per heavy atom. The Hall–Kier alpha value is -2.75. The van der Waals surface area contributed by atoms with Crippen LogP contribution >= 0.6 is 27.5 Å². The second-order valence-electron chi connectivity index (χ2n) is 6.60. The zero-order valence-electron chi connectivity index (χ0n) is 14.7. The van der Waals surface area contributed by atoms with Crippen molar-refractivity contribution in [3.63, 3.8) is 0 Å². The highest BCUT2D eigenvalue weighted by atomic mass is 79.9. The molecule has 0 bridgehead atoms. The first kappa shape index (κ1) is 17.4. The molecule has 0 aliphatic rings. The highest BCUT2D eigenvalue weighted by Crippen LogP contribution is 2.34. The first-order chi connectivity index (χ1) is 13.7. The van der Waals surface area contributed by atoms with E-state index in [9.17, 15) is 0 Å². The molecular weight excluding hydrogens is 432 g/mol. The van der Waals surface area contributed by atoms with Gasteiger partial charge in [0.05, 0.1) is 11.2 Å². The first-order valence-corrected chi connectivity index (χ1v) is 10.1. The van der Waals surface area contributed by atoms with Crippen LogP contribution in [-0.4, -0.2) is 9.97 Å². The number of rotatable bonds is 2. The van der Waals surface area contributed by atoms with Gasteiger partial charge in [-0.15, -0.1) is 0 Å². The third-order valence-electron chi connectivity index (χ3n) is 4.79. The van der Waals surface area contributed by atoms with Gasteiger partial charge < -0.3 is 0 Å². The summed E-state index contributed by atoms with van der Waals surface area (Å²) in [6.07, 6.45) is 0. The van der Waals surface area contributed by atoms with Crippen molar-refractivity contribution in [3.05, 3.63) is 94.4 Å². The lowest BCUT2D eigenvalue weighted by Gasteiger charge is -2.12. The molecule has 2 nitrogen and oxygen atoms in total. The van der Waals surface area contributed by atoms with Gasteiger partial charge in [0.2, 0.25) is 0 Å². The molecule has 0 N–H and O–H groups in total. The van der Waals surface area contributed by atoms with Gasteiger partial charge in [0.25, 0.3) is 0 Å². The molecule has 0 amide bonds. The van der Waals surface area contributed by atoms with Crippen LogP contribution < -0.4 is 0 Å². The maximum absolute atomic E-state index is 6.07. The van der Waals surface area contributed by atoms with E-state index in [0.29, 0.717) is 10.8 Å². The first-order valence-electron chi connectivity index (χ1n) is 8.90. The maximum atomic E-state index is 6.07. The molecule has 0 aliphatic carbocycles. The monoisotopic (exact) mass is 444 g/mol. The Labute approximate surface area is 176 Å². The summed E-state index contributed by atoms with van der Waals surface area (Å²) in [6.45, 7) is 0. The lowest BCUT2D eigenvalue weighted by molar-refractivity contribution is 1.23. The molecule has 4 heteroatoms. The van der Waals surface area contributed by atoms with Crippen LogP contribution in [0.3, 0.4) is 0 Å². The number of hydrogen-bond donors (Lipinski definition) is 0. The molecule has 0 saturated heterocycles. The average molecular weight is 446 g/mol. The molecule has 0 unspecified atom stereocenters.